The van der Waals surface area contributed by atoms with Crippen LogP contribution in [0.1, 0.15) is 0 Å². The van der Waals surface area contributed by atoms with Gasteiger partial charge in [0.05, 0.1) is 19.0 Å². The van der Waals surface area contributed by atoms with Crippen LogP contribution in [0.25, 0.3) is 0 Å². The zero-order valence-electron chi connectivity index (χ0n) is 11.2. The Morgan fingerprint density at radius 3 is 0.895 bits per heavy atom. The quantitative estimate of drug-likeness (QED) is 0.575. The monoisotopic (exact) mass is 348 g/mol. The number of rotatable bonds is 0. The maximum atomic E-state index is 3.78. The van der Waals surface area contributed by atoms with Crippen LogP contribution < -0.4 is 0 Å². The smallest absolute Gasteiger partial charge is 0.341 e. The standard InChI is InChI=1S/3C4H6N2.Ru/c3*1-6-3-2-5-4-6;/h3*2-4H,1H3;/q;;;+3. The van der Waals surface area contributed by atoms with Gasteiger partial charge in [-0.3, -0.25) is 0 Å². The number of hydrogen-bond acceptors (Lipinski definition) is 3. The molecule has 1 radical (unpaired) electrons. The summed E-state index contributed by atoms with van der Waals surface area (Å²) in [6.07, 6.45) is 16.2. The van der Waals surface area contributed by atoms with Crippen LogP contribution in [0.5, 0.6) is 0 Å². The largest absolute Gasteiger partial charge is 3.00 e. The van der Waals surface area contributed by atoms with Gasteiger partial charge in [-0.25, -0.2) is 15.0 Å². The molecule has 0 saturated heterocycles. The SMILES string of the molecule is Cn1ccnc1.Cn1ccnc1.Cn1ccnc1.[Ru+3]. The van der Waals surface area contributed by atoms with E-state index in [-0.39, 0.29) is 19.5 Å². The molecule has 0 amide bonds. The molecule has 0 aliphatic rings. The first-order valence-corrected chi connectivity index (χ1v) is 5.44. The number of nitrogens with zero attached hydrogens (tertiary/aromatic N) is 6. The molecule has 0 spiro atoms. The summed E-state index contributed by atoms with van der Waals surface area (Å²) in [6, 6.07) is 0. The van der Waals surface area contributed by atoms with Crippen molar-refractivity contribution in [3.63, 3.8) is 0 Å². The predicted octanol–water partition coefficient (Wildman–Crippen LogP) is 1.26. The van der Waals surface area contributed by atoms with E-state index < -0.39 is 0 Å². The number of imidazole rings is 3. The fraction of sp³-hybridized carbons (Fsp3) is 0.250. The summed E-state index contributed by atoms with van der Waals surface area (Å²) in [6.45, 7) is 0. The zero-order chi connectivity index (χ0) is 13.2. The van der Waals surface area contributed by atoms with Crippen LogP contribution in [0.2, 0.25) is 0 Å². The Labute approximate surface area is 125 Å². The summed E-state index contributed by atoms with van der Waals surface area (Å²) in [5, 5.41) is 0. The molecule has 0 aliphatic heterocycles. The van der Waals surface area contributed by atoms with Gasteiger partial charge in [0, 0.05) is 58.3 Å². The van der Waals surface area contributed by atoms with Crippen molar-refractivity contribution in [1.29, 1.82) is 0 Å². The molecule has 0 aliphatic carbocycles. The Kier molecular flexibility index (Phi) is 9.26. The van der Waals surface area contributed by atoms with Crippen LogP contribution >= 0.6 is 0 Å². The molecular formula is C12H18N6Ru+3. The molecule has 3 aromatic rings. The first-order chi connectivity index (χ1) is 8.68. The van der Waals surface area contributed by atoms with Crippen LogP contribution in [-0.2, 0) is 40.6 Å². The van der Waals surface area contributed by atoms with E-state index in [1.54, 1.807) is 37.6 Å². The topological polar surface area (TPSA) is 53.5 Å². The van der Waals surface area contributed by atoms with Crippen LogP contribution in [0.15, 0.2) is 56.2 Å². The molecule has 0 atom stereocenters. The van der Waals surface area contributed by atoms with Gasteiger partial charge >= 0.3 is 19.5 Å². The Morgan fingerprint density at radius 1 is 0.579 bits per heavy atom. The Balaban J connectivity index is 0.000000249. The first-order valence-electron chi connectivity index (χ1n) is 5.44. The minimum atomic E-state index is 0. The third-order valence-corrected chi connectivity index (χ3v) is 1.91. The van der Waals surface area contributed by atoms with Gasteiger partial charge in [0.2, 0.25) is 0 Å². The van der Waals surface area contributed by atoms with Gasteiger partial charge in [0.1, 0.15) is 0 Å². The van der Waals surface area contributed by atoms with Gasteiger partial charge in [-0.05, 0) is 0 Å². The van der Waals surface area contributed by atoms with E-state index >= 15 is 0 Å². The minimum Gasteiger partial charge on any atom is -0.341 e. The molecule has 0 unspecified atom stereocenters. The van der Waals surface area contributed by atoms with Crippen LogP contribution in [-0.4, -0.2) is 28.7 Å². The molecule has 101 valence electrons. The molecule has 0 N–H and O–H groups in total. The van der Waals surface area contributed by atoms with Crippen LogP contribution in [0, 0.1) is 0 Å². The summed E-state index contributed by atoms with van der Waals surface area (Å²) in [5.74, 6) is 0. The summed E-state index contributed by atoms with van der Waals surface area (Å²) < 4.78 is 5.67. The van der Waals surface area contributed by atoms with Crippen molar-refractivity contribution in [3.8, 4) is 0 Å². The van der Waals surface area contributed by atoms with Crippen LogP contribution in [0.4, 0.5) is 0 Å². The predicted molar refractivity (Wildman–Crippen MR) is 69.6 cm³/mol. The average Bonchev–Trinajstić information content (AvgIpc) is 3.05. The second-order valence-corrected chi connectivity index (χ2v) is 3.68. The molecule has 3 aromatic heterocycles. The second-order valence-electron chi connectivity index (χ2n) is 3.68. The van der Waals surface area contributed by atoms with Gasteiger partial charge in [0.25, 0.3) is 0 Å². The Morgan fingerprint density at radius 2 is 0.842 bits per heavy atom. The van der Waals surface area contributed by atoms with E-state index in [2.05, 4.69) is 15.0 Å². The van der Waals surface area contributed by atoms with Gasteiger partial charge in [-0.15, -0.1) is 0 Å². The van der Waals surface area contributed by atoms with Gasteiger partial charge in [-0.1, -0.05) is 0 Å². The van der Waals surface area contributed by atoms with E-state index in [9.17, 15) is 0 Å². The number of hydrogen-bond donors (Lipinski definition) is 0. The molecule has 0 aromatic carbocycles. The van der Waals surface area contributed by atoms with Crippen molar-refractivity contribution in [1.82, 2.24) is 28.7 Å². The van der Waals surface area contributed by atoms with Gasteiger partial charge in [-0.2, -0.15) is 0 Å². The van der Waals surface area contributed by atoms with E-state index in [1.807, 2.05) is 53.4 Å². The van der Waals surface area contributed by atoms with Crippen molar-refractivity contribution in [3.05, 3.63) is 56.2 Å². The average molecular weight is 347 g/mol. The first kappa shape index (κ1) is 17.3. The fourth-order valence-corrected chi connectivity index (χ4v) is 0.977. The number of aryl methyl sites for hydroxylation is 3. The molecule has 19 heavy (non-hydrogen) atoms. The molecular weight excluding hydrogens is 329 g/mol. The maximum absolute atomic E-state index is 3.78. The van der Waals surface area contributed by atoms with E-state index in [0.29, 0.717) is 0 Å². The number of aromatic nitrogens is 6. The fourth-order valence-electron chi connectivity index (χ4n) is 0.977. The summed E-state index contributed by atoms with van der Waals surface area (Å²) in [5.41, 5.74) is 0. The third-order valence-electron chi connectivity index (χ3n) is 1.91. The molecule has 7 heteroatoms. The van der Waals surface area contributed by atoms with Crippen molar-refractivity contribution < 1.29 is 19.5 Å². The zero-order valence-corrected chi connectivity index (χ0v) is 13.0. The van der Waals surface area contributed by atoms with Crippen molar-refractivity contribution >= 4 is 0 Å². The molecule has 3 rings (SSSR count). The van der Waals surface area contributed by atoms with E-state index in [4.69, 9.17) is 0 Å². The van der Waals surface area contributed by atoms with Crippen LogP contribution in [0.3, 0.4) is 0 Å². The van der Waals surface area contributed by atoms with Crippen molar-refractivity contribution in [2.24, 2.45) is 21.1 Å². The maximum Gasteiger partial charge on any atom is 3.00 e. The summed E-state index contributed by atoms with van der Waals surface area (Å²) in [7, 11) is 5.81. The molecule has 6 nitrogen and oxygen atoms in total. The van der Waals surface area contributed by atoms with E-state index in [1.165, 1.54) is 0 Å². The molecule has 0 fully saturated rings. The Bertz CT molecular complexity index is 410. The second kappa shape index (κ2) is 10.2. The summed E-state index contributed by atoms with van der Waals surface area (Å²) in [4.78, 5) is 11.4. The van der Waals surface area contributed by atoms with Crippen molar-refractivity contribution in [2.75, 3.05) is 0 Å². The summed E-state index contributed by atoms with van der Waals surface area (Å²) >= 11 is 0. The Hall–Kier alpha value is -1.75. The normalized spacial score (nSPS) is 8.37. The molecule has 0 saturated carbocycles. The molecule has 3 heterocycles. The van der Waals surface area contributed by atoms with Gasteiger partial charge < -0.3 is 13.7 Å². The van der Waals surface area contributed by atoms with Crippen molar-refractivity contribution in [2.45, 2.75) is 0 Å². The third kappa shape index (κ3) is 8.91. The molecule has 0 bridgehead atoms. The van der Waals surface area contributed by atoms with E-state index in [0.717, 1.165) is 0 Å². The minimum absolute atomic E-state index is 0. The van der Waals surface area contributed by atoms with Gasteiger partial charge in [0.15, 0.2) is 0 Å².